The third-order valence-electron chi connectivity index (χ3n) is 3.17. The maximum absolute atomic E-state index is 12.2. The summed E-state index contributed by atoms with van der Waals surface area (Å²) in [5.74, 6) is -0.106. The van der Waals surface area contributed by atoms with Crippen LogP contribution in [0.4, 0.5) is 5.69 Å². The topological polar surface area (TPSA) is 46.9 Å². The summed E-state index contributed by atoms with van der Waals surface area (Å²) in [5.41, 5.74) is 4.27. The van der Waals surface area contributed by atoms with Crippen LogP contribution >= 0.6 is 11.3 Å². The van der Waals surface area contributed by atoms with Crippen molar-refractivity contribution in [2.75, 3.05) is 5.32 Å². The molecule has 0 aliphatic heterocycles. The number of thiophene rings is 1. The number of benzene rings is 1. The molecule has 0 fully saturated rings. The maximum Gasteiger partial charge on any atom is 0.256 e. The number of hydrogen-bond acceptors (Lipinski definition) is 3. The zero-order valence-corrected chi connectivity index (χ0v) is 12.6. The number of hydrogen-bond donors (Lipinski definition) is 1. The molecule has 1 amide bonds. The van der Waals surface area contributed by atoms with E-state index < -0.39 is 0 Å². The molecular weight excluding hydrogens is 282 g/mol. The smallest absolute Gasteiger partial charge is 0.256 e. The fourth-order valence-corrected chi connectivity index (χ4v) is 2.86. The van der Waals surface area contributed by atoms with Crippen molar-refractivity contribution in [2.24, 2.45) is 0 Å². The minimum atomic E-state index is -0.106. The zero-order chi connectivity index (χ0) is 14.8. The highest BCUT2D eigenvalue weighted by molar-refractivity contribution is 7.08. The lowest BCUT2D eigenvalue weighted by Gasteiger charge is -2.12. The van der Waals surface area contributed by atoms with E-state index in [-0.39, 0.29) is 5.91 Å². The van der Waals surface area contributed by atoms with Crippen LogP contribution in [0.3, 0.4) is 0 Å². The van der Waals surface area contributed by atoms with Gasteiger partial charge in [-0.2, -0.15) is 16.4 Å². The molecule has 0 saturated heterocycles. The van der Waals surface area contributed by atoms with Crippen molar-refractivity contribution in [1.82, 2.24) is 9.78 Å². The molecule has 5 heteroatoms. The summed E-state index contributed by atoms with van der Waals surface area (Å²) in [6, 6.07) is 11.5. The molecule has 0 radical (unpaired) electrons. The van der Waals surface area contributed by atoms with Gasteiger partial charge in [-0.05, 0) is 43.5 Å². The fourth-order valence-electron chi connectivity index (χ4n) is 2.22. The number of amides is 1. The summed E-state index contributed by atoms with van der Waals surface area (Å²) in [6.07, 6.45) is 0. The van der Waals surface area contributed by atoms with Gasteiger partial charge in [-0.15, -0.1) is 0 Å². The van der Waals surface area contributed by atoms with E-state index in [1.807, 2.05) is 65.7 Å². The van der Waals surface area contributed by atoms with Crippen molar-refractivity contribution in [3.05, 3.63) is 64.1 Å². The SMILES string of the molecule is Cc1cc(C)n(-c2ccccc2NC(=O)c2ccsc2)n1. The summed E-state index contributed by atoms with van der Waals surface area (Å²) in [5, 5.41) is 11.2. The number of rotatable bonds is 3. The highest BCUT2D eigenvalue weighted by Crippen LogP contribution is 2.22. The number of carbonyl (C=O) groups excluding carboxylic acids is 1. The van der Waals surface area contributed by atoms with Gasteiger partial charge in [0, 0.05) is 11.1 Å². The Balaban J connectivity index is 1.97. The van der Waals surface area contributed by atoms with Crippen LogP contribution in [-0.2, 0) is 0 Å². The lowest BCUT2D eigenvalue weighted by Crippen LogP contribution is -2.13. The molecule has 2 aromatic heterocycles. The largest absolute Gasteiger partial charge is 0.320 e. The summed E-state index contributed by atoms with van der Waals surface area (Å²) in [7, 11) is 0. The van der Waals surface area contributed by atoms with Crippen LogP contribution in [0.15, 0.2) is 47.2 Å². The normalized spacial score (nSPS) is 10.6. The van der Waals surface area contributed by atoms with Gasteiger partial charge < -0.3 is 5.32 Å². The monoisotopic (exact) mass is 297 g/mol. The Morgan fingerprint density at radius 1 is 1.24 bits per heavy atom. The van der Waals surface area contributed by atoms with Crippen molar-refractivity contribution in [1.29, 1.82) is 0 Å². The number of aryl methyl sites for hydroxylation is 2. The quantitative estimate of drug-likeness (QED) is 0.799. The molecule has 0 aliphatic rings. The Bertz CT molecular complexity index is 775. The predicted octanol–water partition coefficient (Wildman–Crippen LogP) is 3.80. The Labute approximate surface area is 127 Å². The van der Waals surface area contributed by atoms with Crippen molar-refractivity contribution in [3.8, 4) is 5.69 Å². The molecule has 106 valence electrons. The lowest BCUT2D eigenvalue weighted by atomic mass is 10.2. The van der Waals surface area contributed by atoms with E-state index in [1.165, 1.54) is 11.3 Å². The van der Waals surface area contributed by atoms with Crippen LogP contribution in [0.25, 0.3) is 5.69 Å². The first-order valence-corrected chi connectivity index (χ1v) is 7.55. The Morgan fingerprint density at radius 3 is 2.71 bits per heavy atom. The lowest BCUT2D eigenvalue weighted by molar-refractivity contribution is 0.102. The van der Waals surface area contributed by atoms with Crippen LogP contribution in [-0.4, -0.2) is 15.7 Å². The zero-order valence-electron chi connectivity index (χ0n) is 11.8. The van der Waals surface area contributed by atoms with Gasteiger partial charge >= 0.3 is 0 Å². The minimum absolute atomic E-state index is 0.106. The molecule has 0 bridgehead atoms. The van der Waals surface area contributed by atoms with Gasteiger partial charge in [0.15, 0.2) is 0 Å². The highest BCUT2D eigenvalue weighted by atomic mass is 32.1. The first-order chi connectivity index (χ1) is 10.1. The maximum atomic E-state index is 12.2. The van der Waals surface area contributed by atoms with E-state index in [4.69, 9.17) is 0 Å². The number of carbonyl (C=O) groups is 1. The van der Waals surface area contributed by atoms with Gasteiger partial charge in [0.1, 0.15) is 0 Å². The summed E-state index contributed by atoms with van der Waals surface area (Å²) in [6.45, 7) is 3.95. The summed E-state index contributed by atoms with van der Waals surface area (Å²) >= 11 is 1.51. The molecular formula is C16H15N3OS. The van der Waals surface area contributed by atoms with Gasteiger partial charge in [0.05, 0.1) is 22.6 Å². The molecule has 3 aromatic rings. The molecule has 0 saturated carbocycles. The molecule has 1 aromatic carbocycles. The van der Waals surface area contributed by atoms with Crippen molar-refractivity contribution in [3.63, 3.8) is 0 Å². The van der Waals surface area contributed by atoms with Crippen LogP contribution in [0.5, 0.6) is 0 Å². The van der Waals surface area contributed by atoms with Gasteiger partial charge in [0.25, 0.3) is 5.91 Å². The van der Waals surface area contributed by atoms with Crippen LogP contribution in [0, 0.1) is 13.8 Å². The molecule has 3 rings (SSSR count). The van der Waals surface area contributed by atoms with E-state index in [0.29, 0.717) is 5.56 Å². The molecule has 0 spiro atoms. The Hall–Kier alpha value is -2.40. The standard InChI is InChI=1S/C16H15N3OS/c1-11-9-12(2)19(18-11)15-6-4-3-5-14(15)17-16(20)13-7-8-21-10-13/h3-10H,1-2H3,(H,17,20). The molecule has 0 atom stereocenters. The van der Waals surface area contributed by atoms with Crippen LogP contribution in [0.2, 0.25) is 0 Å². The number of para-hydroxylation sites is 2. The minimum Gasteiger partial charge on any atom is -0.320 e. The number of anilines is 1. The second-order valence-electron chi connectivity index (χ2n) is 4.82. The predicted molar refractivity (Wildman–Crippen MR) is 85.3 cm³/mol. The van der Waals surface area contributed by atoms with Gasteiger partial charge in [0.2, 0.25) is 0 Å². The average molecular weight is 297 g/mol. The second-order valence-corrected chi connectivity index (χ2v) is 5.60. The average Bonchev–Trinajstić information content (AvgIpc) is 3.09. The van der Waals surface area contributed by atoms with E-state index in [0.717, 1.165) is 22.8 Å². The first kappa shape index (κ1) is 13.6. The van der Waals surface area contributed by atoms with E-state index in [2.05, 4.69) is 10.4 Å². The molecule has 1 N–H and O–H groups in total. The highest BCUT2D eigenvalue weighted by Gasteiger charge is 2.12. The molecule has 0 unspecified atom stereocenters. The van der Waals surface area contributed by atoms with Crippen molar-refractivity contribution in [2.45, 2.75) is 13.8 Å². The first-order valence-electron chi connectivity index (χ1n) is 6.61. The molecule has 4 nitrogen and oxygen atoms in total. The van der Waals surface area contributed by atoms with E-state index in [9.17, 15) is 4.79 Å². The van der Waals surface area contributed by atoms with Gasteiger partial charge in [-0.3, -0.25) is 4.79 Å². The van der Waals surface area contributed by atoms with Crippen molar-refractivity contribution < 1.29 is 4.79 Å². The fraction of sp³-hybridized carbons (Fsp3) is 0.125. The third-order valence-corrected chi connectivity index (χ3v) is 3.86. The number of aromatic nitrogens is 2. The molecule has 0 aliphatic carbocycles. The van der Waals surface area contributed by atoms with Crippen molar-refractivity contribution >= 4 is 22.9 Å². The van der Waals surface area contributed by atoms with Gasteiger partial charge in [-0.25, -0.2) is 4.68 Å². The third kappa shape index (κ3) is 2.73. The second kappa shape index (κ2) is 5.54. The molecule has 2 heterocycles. The van der Waals surface area contributed by atoms with Crippen LogP contribution < -0.4 is 5.32 Å². The van der Waals surface area contributed by atoms with Gasteiger partial charge in [-0.1, -0.05) is 12.1 Å². The molecule has 21 heavy (non-hydrogen) atoms. The number of nitrogens with one attached hydrogen (secondary N) is 1. The Morgan fingerprint density at radius 2 is 2.05 bits per heavy atom. The van der Waals surface area contributed by atoms with E-state index in [1.54, 1.807) is 0 Å². The Kier molecular flexibility index (Phi) is 3.58. The van der Waals surface area contributed by atoms with E-state index >= 15 is 0 Å². The number of nitrogens with zero attached hydrogens (tertiary/aromatic N) is 2. The summed E-state index contributed by atoms with van der Waals surface area (Å²) in [4.78, 5) is 12.2. The summed E-state index contributed by atoms with van der Waals surface area (Å²) < 4.78 is 1.85. The van der Waals surface area contributed by atoms with Crippen LogP contribution in [0.1, 0.15) is 21.7 Å².